The molecule has 1 atom stereocenters. The molecule has 0 saturated carbocycles. The molecule has 0 unspecified atom stereocenters. The summed E-state index contributed by atoms with van der Waals surface area (Å²) in [5.41, 5.74) is 1.74. The first-order valence-corrected chi connectivity index (χ1v) is 7.09. The average molecular weight is 287 g/mol. The fourth-order valence-electron chi connectivity index (χ4n) is 1.96. The van der Waals surface area contributed by atoms with E-state index in [1.807, 2.05) is 30.3 Å². The summed E-state index contributed by atoms with van der Waals surface area (Å²) in [7, 11) is 0. The lowest BCUT2D eigenvalue weighted by Crippen LogP contribution is -2.39. The summed E-state index contributed by atoms with van der Waals surface area (Å²) in [6.07, 6.45) is 0. The van der Waals surface area contributed by atoms with Gasteiger partial charge >= 0.3 is 0 Å². The van der Waals surface area contributed by atoms with Crippen molar-refractivity contribution in [3.63, 3.8) is 0 Å². The number of hydrogen-bond acceptors (Lipinski definition) is 4. The van der Waals surface area contributed by atoms with Crippen molar-refractivity contribution in [3.8, 4) is 0 Å². The second-order valence-corrected chi connectivity index (χ2v) is 5.40. The summed E-state index contributed by atoms with van der Waals surface area (Å²) in [5, 5.41) is 10.0. The molecule has 0 bridgehead atoms. The van der Waals surface area contributed by atoms with Crippen LogP contribution in [0.25, 0.3) is 0 Å². The number of nitrogens with one attached hydrogen (secondary N) is 2. The molecule has 1 heterocycles. The number of carbonyl (C=O) groups excluding carboxylic acids is 1. The number of rotatable bonds is 6. The highest BCUT2D eigenvalue weighted by Crippen LogP contribution is 2.12. The lowest BCUT2D eigenvalue weighted by atomic mass is 10.0. The van der Waals surface area contributed by atoms with Crippen LogP contribution in [0.3, 0.4) is 0 Å². The van der Waals surface area contributed by atoms with Crippen LogP contribution in [0.2, 0.25) is 0 Å². The number of nitrogens with zero attached hydrogens (tertiary/aromatic N) is 1. The zero-order chi connectivity index (χ0) is 15.2. The third-order valence-electron chi connectivity index (χ3n) is 3.26. The van der Waals surface area contributed by atoms with E-state index < -0.39 is 0 Å². The summed E-state index contributed by atoms with van der Waals surface area (Å²) in [6, 6.07) is 11.7. The smallest absolute Gasteiger partial charge is 0.289 e. The minimum Gasteiger partial charge on any atom is -0.380 e. The third-order valence-corrected chi connectivity index (χ3v) is 3.26. The van der Waals surface area contributed by atoms with Crippen LogP contribution in [0.4, 0.5) is 5.69 Å². The molecular weight excluding hydrogens is 266 g/mol. The fourth-order valence-corrected chi connectivity index (χ4v) is 1.96. The van der Waals surface area contributed by atoms with Crippen LogP contribution in [0, 0.1) is 12.8 Å². The molecule has 2 rings (SSSR count). The predicted molar refractivity (Wildman–Crippen MR) is 82.3 cm³/mol. The molecule has 0 aliphatic heterocycles. The average Bonchev–Trinajstić information content (AvgIpc) is 2.90. The first kappa shape index (κ1) is 15.1. The highest BCUT2D eigenvalue weighted by atomic mass is 16.5. The van der Waals surface area contributed by atoms with Crippen molar-refractivity contribution >= 4 is 11.6 Å². The van der Waals surface area contributed by atoms with E-state index in [2.05, 4.69) is 29.6 Å². The fraction of sp³-hybridized carbons (Fsp3) is 0.375. The molecule has 0 saturated heterocycles. The van der Waals surface area contributed by atoms with Crippen LogP contribution in [0.1, 0.15) is 30.1 Å². The Bertz CT molecular complexity index is 578. The Morgan fingerprint density at radius 3 is 2.57 bits per heavy atom. The standard InChI is InChI=1S/C16H21N3O2/c1-11(2)14(18-13-7-5-4-6-8-13)10-17-16(20)15-9-12(3)19-21-15/h4-9,11,14,18H,10H2,1-3H3,(H,17,20)/t14-/m1/s1. The van der Waals surface area contributed by atoms with E-state index in [0.717, 1.165) is 5.69 Å². The number of aryl methyl sites for hydroxylation is 1. The van der Waals surface area contributed by atoms with E-state index in [4.69, 9.17) is 4.52 Å². The molecule has 2 N–H and O–H groups in total. The Kier molecular flexibility index (Phi) is 4.98. The number of hydrogen-bond donors (Lipinski definition) is 2. The first-order chi connectivity index (χ1) is 10.1. The molecule has 0 fully saturated rings. The predicted octanol–water partition coefficient (Wildman–Crippen LogP) is 2.85. The highest BCUT2D eigenvalue weighted by Gasteiger charge is 2.17. The molecule has 0 aliphatic carbocycles. The van der Waals surface area contributed by atoms with E-state index in [1.54, 1.807) is 13.0 Å². The van der Waals surface area contributed by atoms with Crippen molar-refractivity contribution in [3.05, 3.63) is 47.9 Å². The maximum absolute atomic E-state index is 12.0. The zero-order valence-corrected chi connectivity index (χ0v) is 12.6. The number of benzene rings is 1. The normalized spacial score (nSPS) is 12.2. The van der Waals surface area contributed by atoms with Crippen LogP contribution in [-0.2, 0) is 0 Å². The summed E-state index contributed by atoms with van der Waals surface area (Å²) < 4.78 is 4.95. The van der Waals surface area contributed by atoms with Crippen LogP contribution in [0.5, 0.6) is 0 Å². The third kappa shape index (κ3) is 4.34. The van der Waals surface area contributed by atoms with Gasteiger partial charge in [-0.15, -0.1) is 0 Å². The van der Waals surface area contributed by atoms with Gasteiger partial charge in [-0.05, 0) is 25.0 Å². The lowest BCUT2D eigenvalue weighted by Gasteiger charge is -2.23. The molecule has 5 nitrogen and oxygen atoms in total. The van der Waals surface area contributed by atoms with E-state index in [9.17, 15) is 4.79 Å². The topological polar surface area (TPSA) is 67.2 Å². The molecule has 0 radical (unpaired) electrons. The van der Waals surface area contributed by atoms with Gasteiger partial charge in [0, 0.05) is 24.3 Å². The quantitative estimate of drug-likeness (QED) is 0.857. The van der Waals surface area contributed by atoms with Crippen LogP contribution >= 0.6 is 0 Å². The number of aromatic nitrogens is 1. The van der Waals surface area contributed by atoms with E-state index in [0.29, 0.717) is 18.2 Å². The zero-order valence-electron chi connectivity index (χ0n) is 12.6. The largest absolute Gasteiger partial charge is 0.380 e. The van der Waals surface area contributed by atoms with Gasteiger partial charge in [-0.25, -0.2) is 0 Å². The van der Waals surface area contributed by atoms with Gasteiger partial charge in [0.05, 0.1) is 5.69 Å². The van der Waals surface area contributed by atoms with Gasteiger partial charge in [0.1, 0.15) is 0 Å². The monoisotopic (exact) mass is 287 g/mol. The summed E-state index contributed by atoms with van der Waals surface area (Å²) in [6.45, 7) is 6.54. The van der Waals surface area contributed by atoms with Gasteiger partial charge in [0.2, 0.25) is 5.76 Å². The van der Waals surface area contributed by atoms with Gasteiger partial charge < -0.3 is 15.2 Å². The number of carbonyl (C=O) groups is 1. The van der Waals surface area contributed by atoms with Gasteiger partial charge in [-0.3, -0.25) is 4.79 Å². The molecule has 1 aromatic carbocycles. The van der Waals surface area contributed by atoms with Gasteiger partial charge in [0.25, 0.3) is 5.91 Å². The molecule has 5 heteroatoms. The van der Waals surface area contributed by atoms with Gasteiger partial charge in [-0.2, -0.15) is 0 Å². The molecule has 21 heavy (non-hydrogen) atoms. The number of anilines is 1. The van der Waals surface area contributed by atoms with Crippen LogP contribution < -0.4 is 10.6 Å². The van der Waals surface area contributed by atoms with E-state index in [1.165, 1.54) is 0 Å². The Labute approximate surface area is 124 Å². The Morgan fingerprint density at radius 1 is 1.29 bits per heavy atom. The maximum Gasteiger partial charge on any atom is 0.289 e. The summed E-state index contributed by atoms with van der Waals surface area (Å²) in [4.78, 5) is 12.0. The second-order valence-electron chi connectivity index (χ2n) is 5.40. The summed E-state index contributed by atoms with van der Waals surface area (Å²) in [5.74, 6) is 0.382. The molecule has 0 spiro atoms. The molecule has 1 aromatic heterocycles. The van der Waals surface area contributed by atoms with E-state index in [-0.39, 0.29) is 17.7 Å². The number of amides is 1. The van der Waals surface area contributed by atoms with Gasteiger partial charge in [-0.1, -0.05) is 37.2 Å². The Hall–Kier alpha value is -2.30. The molecule has 2 aromatic rings. The van der Waals surface area contributed by atoms with Crippen LogP contribution in [0.15, 0.2) is 40.9 Å². The minimum atomic E-state index is -0.240. The molecule has 1 amide bonds. The SMILES string of the molecule is Cc1cc(C(=O)NC[C@@H](Nc2ccccc2)C(C)C)on1. The van der Waals surface area contributed by atoms with Crippen molar-refractivity contribution in [2.45, 2.75) is 26.8 Å². The van der Waals surface area contributed by atoms with Crippen molar-refractivity contribution in [1.82, 2.24) is 10.5 Å². The molecule has 0 aliphatic rings. The lowest BCUT2D eigenvalue weighted by molar-refractivity contribution is 0.0913. The van der Waals surface area contributed by atoms with Gasteiger partial charge in [0.15, 0.2) is 0 Å². The van der Waals surface area contributed by atoms with E-state index >= 15 is 0 Å². The second kappa shape index (κ2) is 6.92. The first-order valence-electron chi connectivity index (χ1n) is 7.09. The maximum atomic E-state index is 12.0. The Balaban J connectivity index is 1.93. The van der Waals surface area contributed by atoms with Crippen molar-refractivity contribution in [1.29, 1.82) is 0 Å². The molecular formula is C16H21N3O2. The number of para-hydroxylation sites is 1. The summed E-state index contributed by atoms with van der Waals surface area (Å²) >= 11 is 0. The highest BCUT2D eigenvalue weighted by molar-refractivity contribution is 5.91. The van der Waals surface area contributed by atoms with Crippen molar-refractivity contribution < 1.29 is 9.32 Å². The van der Waals surface area contributed by atoms with Crippen molar-refractivity contribution in [2.75, 3.05) is 11.9 Å². The van der Waals surface area contributed by atoms with Crippen LogP contribution in [-0.4, -0.2) is 23.7 Å². The minimum absolute atomic E-state index is 0.139. The van der Waals surface area contributed by atoms with Crippen molar-refractivity contribution in [2.24, 2.45) is 5.92 Å². The Morgan fingerprint density at radius 2 is 2.00 bits per heavy atom. The molecule has 112 valence electrons.